The van der Waals surface area contributed by atoms with Crippen LogP contribution in [0.1, 0.15) is 19.4 Å². The molecular formula is C13H17NO4. The van der Waals surface area contributed by atoms with E-state index in [0.717, 1.165) is 11.3 Å². The third kappa shape index (κ3) is 4.45. The molecule has 0 aliphatic rings. The van der Waals surface area contributed by atoms with Crippen molar-refractivity contribution in [3.8, 4) is 5.75 Å². The number of benzene rings is 1. The molecule has 18 heavy (non-hydrogen) atoms. The zero-order valence-corrected chi connectivity index (χ0v) is 10.6. The molecule has 0 aliphatic heterocycles. The normalized spacial score (nSPS) is 9.67. The van der Waals surface area contributed by atoms with Crippen LogP contribution < -0.4 is 10.1 Å². The lowest BCUT2D eigenvalue weighted by atomic mass is 10.2. The third-order valence-corrected chi connectivity index (χ3v) is 2.15. The van der Waals surface area contributed by atoms with Crippen molar-refractivity contribution in [2.75, 3.05) is 13.2 Å². The minimum atomic E-state index is -0.858. The van der Waals surface area contributed by atoms with Gasteiger partial charge in [0.1, 0.15) is 5.75 Å². The first-order chi connectivity index (χ1) is 8.67. The third-order valence-electron chi connectivity index (χ3n) is 2.15. The van der Waals surface area contributed by atoms with E-state index in [1.807, 2.05) is 31.2 Å². The van der Waals surface area contributed by atoms with E-state index in [2.05, 4.69) is 10.1 Å². The van der Waals surface area contributed by atoms with Crippen LogP contribution in [0.15, 0.2) is 24.3 Å². The first-order valence-corrected chi connectivity index (χ1v) is 5.84. The second-order valence-corrected chi connectivity index (χ2v) is 3.48. The molecule has 1 rings (SSSR count). The molecule has 1 amide bonds. The summed E-state index contributed by atoms with van der Waals surface area (Å²) in [7, 11) is 0. The lowest BCUT2D eigenvalue weighted by Gasteiger charge is -2.06. The van der Waals surface area contributed by atoms with Crippen molar-refractivity contribution in [3.63, 3.8) is 0 Å². The summed E-state index contributed by atoms with van der Waals surface area (Å²) in [5.74, 6) is -0.813. The molecule has 0 fully saturated rings. The molecular weight excluding hydrogens is 234 g/mol. The molecule has 1 N–H and O–H groups in total. The van der Waals surface area contributed by atoms with Gasteiger partial charge in [-0.25, -0.2) is 4.79 Å². The van der Waals surface area contributed by atoms with Gasteiger partial charge in [0, 0.05) is 6.54 Å². The van der Waals surface area contributed by atoms with Gasteiger partial charge in [-0.3, -0.25) is 4.79 Å². The van der Waals surface area contributed by atoms with Crippen molar-refractivity contribution in [3.05, 3.63) is 29.8 Å². The van der Waals surface area contributed by atoms with E-state index in [-0.39, 0.29) is 13.2 Å². The Balaban J connectivity index is 2.43. The fourth-order valence-electron chi connectivity index (χ4n) is 1.32. The summed E-state index contributed by atoms with van der Waals surface area (Å²) in [5, 5.41) is 2.48. The predicted molar refractivity (Wildman–Crippen MR) is 66.1 cm³/mol. The highest BCUT2D eigenvalue weighted by molar-refractivity contribution is 6.32. The van der Waals surface area contributed by atoms with Gasteiger partial charge in [-0.15, -0.1) is 0 Å². The molecule has 5 nitrogen and oxygen atoms in total. The van der Waals surface area contributed by atoms with Crippen LogP contribution in [0, 0.1) is 0 Å². The van der Waals surface area contributed by atoms with E-state index in [9.17, 15) is 9.59 Å². The van der Waals surface area contributed by atoms with Crippen LogP contribution in [0.5, 0.6) is 5.75 Å². The number of rotatable bonds is 5. The van der Waals surface area contributed by atoms with E-state index < -0.39 is 11.9 Å². The molecule has 0 aliphatic carbocycles. The van der Waals surface area contributed by atoms with Gasteiger partial charge in [-0.05, 0) is 31.5 Å². The summed E-state index contributed by atoms with van der Waals surface area (Å²) in [6.07, 6.45) is 0. The van der Waals surface area contributed by atoms with Crippen molar-refractivity contribution in [2.24, 2.45) is 0 Å². The van der Waals surface area contributed by atoms with E-state index in [1.165, 1.54) is 0 Å². The maximum absolute atomic E-state index is 11.3. The lowest BCUT2D eigenvalue weighted by Crippen LogP contribution is -2.32. The Hall–Kier alpha value is -2.04. The van der Waals surface area contributed by atoms with Crippen LogP contribution in [-0.4, -0.2) is 25.1 Å². The van der Waals surface area contributed by atoms with Gasteiger partial charge in [0.05, 0.1) is 13.2 Å². The smallest absolute Gasteiger partial charge is 0.396 e. The van der Waals surface area contributed by atoms with Crippen molar-refractivity contribution in [1.29, 1.82) is 0 Å². The Morgan fingerprint density at radius 2 is 1.78 bits per heavy atom. The standard InChI is InChI=1S/C13H17NO4/c1-3-17-11-7-5-10(6-8-11)9-14-12(15)13(16)18-4-2/h5-8H,3-4,9H2,1-2H3,(H,14,15). The molecule has 0 atom stereocenters. The molecule has 0 saturated heterocycles. The summed E-state index contributed by atoms with van der Waals surface area (Å²) >= 11 is 0. The monoisotopic (exact) mass is 251 g/mol. The number of hydrogen-bond donors (Lipinski definition) is 1. The highest BCUT2D eigenvalue weighted by atomic mass is 16.5. The van der Waals surface area contributed by atoms with Crippen LogP contribution in [0.4, 0.5) is 0 Å². The van der Waals surface area contributed by atoms with Gasteiger partial charge in [0.15, 0.2) is 0 Å². The van der Waals surface area contributed by atoms with E-state index in [0.29, 0.717) is 6.61 Å². The SMILES string of the molecule is CCOC(=O)C(=O)NCc1ccc(OCC)cc1. The Labute approximate surface area is 106 Å². The molecule has 0 radical (unpaired) electrons. The molecule has 0 bridgehead atoms. The summed E-state index contributed by atoms with van der Waals surface area (Å²) in [4.78, 5) is 22.3. The molecule has 0 saturated carbocycles. The highest BCUT2D eigenvalue weighted by Gasteiger charge is 2.13. The van der Waals surface area contributed by atoms with Crippen molar-refractivity contribution < 1.29 is 19.1 Å². The predicted octanol–water partition coefficient (Wildman–Crippen LogP) is 1.26. The van der Waals surface area contributed by atoms with Gasteiger partial charge in [-0.2, -0.15) is 0 Å². The van der Waals surface area contributed by atoms with Crippen LogP contribution in [-0.2, 0) is 20.9 Å². The second-order valence-electron chi connectivity index (χ2n) is 3.48. The zero-order valence-electron chi connectivity index (χ0n) is 10.6. The number of carbonyl (C=O) groups excluding carboxylic acids is 2. The summed E-state index contributed by atoms with van der Waals surface area (Å²) in [5.41, 5.74) is 0.885. The van der Waals surface area contributed by atoms with Gasteiger partial charge >= 0.3 is 11.9 Å². The summed E-state index contributed by atoms with van der Waals surface area (Å²) in [6.45, 7) is 4.64. The molecule has 0 heterocycles. The molecule has 0 aromatic heterocycles. The molecule has 5 heteroatoms. The summed E-state index contributed by atoms with van der Waals surface area (Å²) < 4.78 is 9.87. The molecule has 1 aromatic rings. The van der Waals surface area contributed by atoms with E-state index in [1.54, 1.807) is 6.92 Å². The summed E-state index contributed by atoms with van der Waals surface area (Å²) in [6, 6.07) is 7.29. The Morgan fingerprint density at radius 3 is 2.33 bits per heavy atom. The first-order valence-electron chi connectivity index (χ1n) is 5.84. The van der Waals surface area contributed by atoms with Crippen molar-refractivity contribution in [2.45, 2.75) is 20.4 Å². The van der Waals surface area contributed by atoms with Crippen molar-refractivity contribution in [1.82, 2.24) is 5.32 Å². The highest BCUT2D eigenvalue weighted by Crippen LogP contribution is 2.11. The fraction of sp³-hybridized carbons (Fsp3) is 0.385. The maximum Gasteiger partial charge on any atom is 0.396 e. The number of ether oxygens (including phenoxy) is 2. The largest absolute Gasteiger partial charge is 0.494 e. The van der Waals surface area contributed by atoms with E-state index >= 15 is 0 Å². The zero-order chi connectivity index (χ0) is 13.4. The Morgan fingerprint density at radius 1 is 1.11 bits per heavy atom. The molecule has 98 valence electrons. The molecule has 0 spiro atoms. The first kappa shape index (κ1) is 14.0. The van der Waals surface area contributed by atoms with Crippen LogP contribution in [0.2, 0.25) is 0 Å². The Kier molecular flexibility index (Phi) is 5.70. The Bertz CT molecular complexity index is 400. The van der Waals surface area contributed by atoms with Crippen LogP contribution in [0.3, 0.4) is 0 Å². The minimum absolute atomic E-state index is 0.190. The van der Waals surface area contributed by atoms with Gasteiger partial charge in [-0.1, -0.05) is 12.1 Å². The van der Waals surface area contributed by atoms with Gasteiger partial charge in [0.25, 0.3) is 0 Å². The second kappa shape index (κ2) is 7.32. The van der Waals surface area contributed by atoms with Crippen molar-refractivity contribution >= 4 is 11.9 Å². The number of amides is 1. The fourth-order valence-corrected chi connectivity index (χ4v) is 1.32. The topological polar surface area (TPSA) is 64.6 Å². The van der Waals surface area contributed by atoms with Crippen LogP contribution >= 0.6 is 0 Å². The minimum Gasteiger partial charge on any atom is -0.494 e. The average molecular weight is 251 g/mol. The molecule has 1 aromatic carbocycles. The number of hydrogen-bond acceptors (Lipinski definition) is 4. The molecule has 0 unspecified atom stereocenters. The van der Waals surface area contributed by atoms with Gasteiger partial charge in [0.2, 0.25) is 0 Å². The lowest BCUT2D eigenvalue weighted by molar-refractivity contribution is -0.154. The maximum atomic E-state index is 11.3. The van der Waals surface area contributed by atoms with E-state index in [4.69, 9.17) is 4.74 Å². The van der Waals surface area contributed by atoms with Gasteiger partial charge < -0.3 is 14.8 Å². The number of esters is 1. The number of nitrogens with one attached hydrogen (secondary N) is 1. The van der Waals surface area contributed by atoms with Crippen LogP contribution in [0.25, 0.3) is 0 Å². The average Bonchev–Trinajstić information content (AvgIpc) is 2.38. The quantitative estimate of drug-likeness (QED) is 0.632. The number of carbonyl (C=O) groups is 2.